The summed E-state index contributed by atoms with van der Waals surface area (Å²) in [6.45, 7) is 6.88. The number of benzene rings is 1. The maximum Gasteiger partial charge on any atom is 0.187 e. The molecular formula is C13H13NO. The summed E-state index contributed by atoms with van der Waals surface area (Å²) in [7, 11) is 0. The molecule has 1 aromatic rings. The standard InChI is InChI=1S/C13H13NO/c1-14-12-4-2-3-11(9-12)13(15)8-7-10-5-6-10/h2-4,9-10H,5-8H2. The zero-order chi connectivity index (χ0) is 10.7. The average Bonchev–Trinajstić information content (AvgIpc) is 3.10. The Bertz CT molecular complexity index is 413. The Kier molecular flexibility index (Phi) is 2.82. The van der Waals surface area contributed by atoms with Crippen molar-refractivity contribution in [1.82, 2.24) is 0 Å². The van der Waals surface area contributed by atoms with Gasteiger partial charge in [-0.2, -0.15) is 0 Å². The van der Waals surface area contributed by atoms with Crippen molar-refractivity contribution < 1.29 is 4.79 Å². The normalized spacial score (nSPS) is 14.6. The number of carbonyl (C=O) groups is 1. The molecule has 0 spiro atoms. The van der Waals surface area contributed by atoms with Gasteiger partial charge in [0.25, 0.3) is 0 Å². The summed E-state index contributed by atoms with van der Waals surface area (Å²) >= 11 is 0. The summed E-state index contributed by atoms with van der Waals surface area (Å²) in [5, 5.41) is 0. The summed E-state index contributed by atoms with van der Waals surface area (Å²) in [5.74, 6) is 0.963. The van der Waals surface area contributed by atoms with Gasteiger partial charge in [0, 0.05) is 12.0 Å². The first kappa shape index (κ1) is 9.92. The summed E-state index contributed by atoms with van der Waals surface area (Å²) < 4.78 is 0. The van der Waals surface area contributed by atoms with Gasteiger partial charge in [0.2, 0.25) is 0 Å². The first-order chi connectivity index (χ1) is 7.29. The fourth-order valence-electron chi connectivity index (χ4n) is 1.63. The van der Waals surface area contributed by atoms with Crippen molar-refractivity contribution in [3.8, 4) is 0 Å². The van der Waals surface area contributed by atoms with Crippen molar-refractivity contribution in [2.24, 2.45) is 5.92 Å². The highest BCUT2D eigenvalue weighted by Gasteiger charge is 2.22. The van der Waals surface area contributed by atoms with Crippen LogP contribution in [0, 0.1) is 12.5 Å². The second-order valence-electron chi connectivity index (χ2n) is 4.07. The maximum absolute atomic E-state index is 11.7. The molecule has 2 rings (SSSR count). The molecule has 1 aromatic carbocycles. The van der Waals surface area contributed by atoms with Gasteiger partial charge in [-0.1, -0.05) is 31.0 Å². The molecule has 0 bridgehead atoms. The van der Waals surface area contributed by atoms with E-state index >= 15 is 0 Å². The van der Waals surface area contributed by atoms with E-state index < -0.39 is 0 Å². The van der Waals surface area contributed by atoms with E-state index in [9.17, 15) is 4.79 Å². The Labute approximate surface area is 89.7 Å². The molecule has 0 saturated heterocycles. The molecule has 1 saturated carbocycles. The number of hydrogen-bond donors (Lipinski definition) is 0. The summed E-state index contributed by atoms with van der Waals surface area (Å²) in [6.07, 6.45) is 4.22. The van der Waals surface area contributed by atoms with Gasteiger partial charge in [-0.3, -0.25) is 4.79 Å². The highest BCUT2D eigenvalue weighted by Crippen LogP contribution is 2.33. The highest BCUT2D eigenvalue weighted by atomic mass is 16.1. The molecule has 1 aliphatic rings. The van der Waals surface area contributed by atoms with Gasteiger partial charge in [-0.25, -0.2) is 4.85 Å². The molecular weight excluding hydrogens is 186 g/mol. The van der Waals surface area contributed by atoms with Crippen molar-refractivity contribution in [3.05, 3.63) is 41.2 Å². The van der Waals surface area contributed by atoms with E-state index in [1.54, 1.807) is 24.3 Å². The fourth-order valence-corrected chi connectivity index (χ4v) is 1.63. The fraction of sp³-hybridized carbons (Fsp3) is 0.385. The number of Topliss-reactive ketones (excluding diaryl/α,β-unsaturated/α-hetero) is 1. The molecule has 1 fully saturated rings. The van der Waals surface area contributed by atoms with E-state index in [4.69, 9.17) is 6.57 Å². The topological polar surface area (TPSA) is 21.4 Å². The summed E-state index contributed by atoms with van der Waals surface area (Å²) in [4.78, 5) is 15.1. The Balaban J connectivity index is 2.00. The third-order valence-corrected chi connectivity index (χ3v) is 2.77. The van der Waals surface area contributed by atoms with Crippen LogP contribution in [-0.4, -0.2) is 5.78 Å². The minimum Gasteiger partial charge on any atom is -0.294 e. The van der Waals surface area contributed by atoms with Crippen LogP contribution in [0.3, 0.4) is 0 Å². The van der Waals surface area contributed by atoms with Crippen molar-refractivity contribution >= 4 is 11.5 Å². The van der Waals surface area contributed by atoms with Crippen LogP contribution in [0.25, 0.3) is 4.85 Å². The zero-order valence-electron chi connectivity index (χ0n) is 8.57. The lowest BCUT2D eigenvalue weighted by atomic mass is 10.0. The number of ketones is 1. The molecule has 0 aliphatic heterocycles. The lowest BCUT2D eigenvalue weighted by Crippen LogP contribution is -1.98. The van der Waals surface area contributed by atoms with E-state index in [1.165, 1.54) is 12.8 Å². The van der Waals surface area contributed by atoms with Crippen molar-refractivity contribution in [2.75, 3.05) is 0 Å². The number of carbonyl (C=O) groups excluding carboxylic acids is 1. The Morgan fingerprint density at radius 3 is 2.93 bits per heavy atom. The molecule has 0 atom stereocenters. The van der Waals surface area contributed by atoms with E-state index in [0.717, 1.165) is 12.3 Å². The Morgan fingerprint density at radius 2 is 2.27 bits per heavy atom. The molecule has 2 heteroatoms. The highest BCUT2D eigenvalue weighted by molar-refractivity contribution is 5.96. The molecule has 0 aromatic heterocycles. The second kappa shape index (κ2) is 4.27. The minimum atomic E-state index is 0.174. The van der Waals surface area contributed by atoms with Gasteiger partial charge in [0.1, 0.15) is 0 Å². The largest absolute Gasteiger partial charge is 0.294 e. The van der Waals surface area contributed by atoms with Crippen LogP contribution in [0.4, 0.5) is 5.69 Å². The monoisotopic (exact) mass is 199 g/mol. The van der Waals surface area contributed by atoms with E-state index in [0.29, 0.717) is 17.7 Å². The van der Waals surface area contributed by atoms with Gasteiger partial charge in [-0.15, -0.1) is 0 Å². The predicted octanol–water partition coefficient (Wildman–Crippen LogP) is 3.61. The second-order valence-corrected chi connectivity index (χ2v) is 4.07. The van der Waals surface area contributed by atoms with E-state index in [-0.39, 0.29) is 5.78 Å². The van der Waals surface area contributed by atoms with E-state index in [2.05, 4.69) is 4.85 Å². The van der Waals surface area contributed by atoms with Gasteiger partial charge in [0.15, 0.2) is 11.5 Å². The molecule has 2 nitrogen and oxygen atoms in total. The third kappa shape index (κ3) is 2.66. The quantitative estimate of drug-likeness (QED) is 0.536. The number of rotatable bonds is 4. The lowest BCUT2D eigenvalue weighted by molar-refractivity contribution is 0.0978. The van der Waals surface area contributed by atoms with Gasteiger partial charge >= 0.3 is 0 Å². The number of hydrogen-bond acceptors (Lipinski definition) is 1. The minimum absolute atomic E-state index is 0.174. The average molecular weight is 199 g/mol. The molecule has 0 amide bonds. The van der Waals surface area contributed by atoms with Gasteiger partial charge in [-0.05, 0) is 18.4 Å². The molecule has 0 N–H and O–H groups in total. The first-order valence-corrected chi connectivity index (χ1v) is 5.30. The van der Waals surface area contributed by atoms with Crippen LogP contribution in [-0.2, 0) is 0 Å². The molecule has 0 unspecified atom stereocenters. The molecule has 15 heavy (non-hydrogen) atoms. The zero-order valence-corrected chi connectivity index (χ0v) is 8.57. The van der Waals surface area contributed by atoms with Crippen LogP contribution in [0.2, 0.25) is 0 Å². The van der Waals surface area contributed by atoms with Crippen LogP contribution in [0.5, 0.6) is 0 Å². The van der Waals surface area contributed by atoms with E-state index in [1.807, 2.05) is 0 Å². The summed E-state index contributed by atoms with van der Waals surface area (Å²) in [6, 6.07) is 6.98. The molecule has 1 aliphatic carbocycles. The lowest BCUT2D eigenvalue weighted by Gasteiger charge is -2.00. The van der Waals surface area contributed by atoms with Gasteiger partial charge < -0.3 is 0 Å². The van der Waals surface area contributed by atoms with Crippen LogP contribution in [0.15, 0.2) is 24.3 Å². The maximum atomic E-state index is 11.7. The smallest absolute Gasteiger partial charge is 0.187 e. The first-order valence-electron chi connectivity index (χ1n) is 5.30. The Hall–Kier alpha value is -1.62. The van der Waals surface area contributed by atoms with Crippen LogP contribution in [0.1, 0.15) is 36.0 Å². The Morgan fingerprint density at radius 1 is 1.47 bits per heavy atom. The number of nitrogens with zero attached hydrogens (tertiary/aromatic N) is 1. The molecule has 0 heterocycles. The molecule has 0 radical (unpaired) electrons. The van der Waals surface area contributed by atoms with Crippen molar-refractivity contribution in [2.45, 2.75) is 25.7 Å². The van der Waals surface area contributed by atoms with Gasteiger partial charge in [0.05, 0.1) is 6.57 Å². The third-order valence-electron chi connectivity index (χ3n) is 2.77. The summed E-state index contributed by atoms with van der Waals surface area (Å²) in [5.41, 5.74) is 1.23. The van der Waals surface area contributed by atoms with Crippen molar-refractivity contribution in [1.29, 1.82) is 0 Å². The predicted molar refractivity (Wildman–Crippen MR) is 59.0 cm³/mol. The molecule has 76 valence electrons. The van der Waals surface area contributed by atoms with Crippen LogP contribution >= 0.6 is 0 Å². The SMILES string of the molecule is [C-]#[N+]c1cccc(C(=O)CCC2CC2)c1. The van der Waals surface area contributed by atoms with Crippen LogP contribution < -0.4 is 0 Å². The van der Waals surface area contributed by atoms with Crippen molar-refractivity contribution in [3.63, 3.8) is 0 Å².